The molecule has 0 N–H and O–H groups in total. The summed E-state index contributed by atoms with van der Waals surface area (Å²) in [5, 5.41) is 3.88. The zero-order chi connectivity index (χ0) is 17.1. The van der Waals surface area contributed by atoms with Gasteiger partial charge in [-0.2, -0.15) is 4.98 Å². The number of benzene rings is 1. The summed E-state index contributed by atoms with van der Waals surface area (Å²) in [6.45, 7) is 3.85. The van der Waals surface area contributed by atoms with E-state index in [2.05, 4.69) is 15.1 Å². The van der Waals surface area contributed by atoms with E-state index in [1.54, 1.807) is 0 Å². The number of halogens is 2. The van der Waals surface area contributed by atoms with Gasteiger partial charge in [0.2, 0.25) is 11.7 Å². The zero-order valence-electron chi connectivity index (χ0n) is 13.4. The first kappa shape index (κ1) is 16.3. The van der Waals surface area contributed by atoms with E-state index in [0.717, 1.165) is 18.9 Å². The van der Waals surface area contributed by atoms with Crippen LogP contribution < -0.4 is 0 Å². The molecule has 1 atom stereocenters. The molecule has 1 aromatic carbocycles. The van der Waals surface area contributed by atoms with E-state index in [1.165, 1.54) is 18.4 Å². The van der Waals surface area contributed by atoms with E-state index in [1.807, 2.05) is 13.8 Å². The van der Waals surface area contributed by atoms with Gasteiger partial charge in [-0.1, -0.05) is 25.1 Å². The van der Waals surface area contributed by atoms with Crippen LogP contribution in [0, 0.1) is 11.6 Å². The highest BCUT2D eigenvalue weighted by atomic mass is 19.1. The molecule has 0 saturated heterocycles. The maximum absolute atomic E-state index is 13.8. The lowest BCUT2D eigenvalue weighted by Gasteiger charge is -2.10. The number of oxazole rings is 1. The molecule has 5 nitrogen and oxygen atoms in total. The van der Waals surface area contributed by atoms with Crippen LogP contribution >= 0.6 is 0 Å². The highest BCUT2D eigenvalue weighted by Gasteiger charge is 2.18. The van der Waals surface area contributed by atoms with Crippen molar-refractivity contribution in [3.63, 3.8) is 0 Å². The quantitative estimate of drug-likeness (QED) is 0.673. The van der Waals surface area contributed by atoms with E-state index in [-0.39, 0.29) is 5.92 Å². The van der Waals surface area contributed by atoms with Gasteiger partial charge in [-0.3, -0.25) is 0 Å². The first-order chi connectivity index (χ1) is 11.6. The largest absolute Gasteiger partial charge is 0.448 e. The van der Waals surface area contributed by atoms with Crippen molar-refractivity contribution in [2.45, 2.75) is 39.0 Å². The fraction of sp³-hybridized carbons (Fsp3) is 0.353. The molecule has 24 heavy (non-hydrogen) atoms. The molecule has 0 saturated carbocycles. The summed E-state index contributed by atoms with van der Waals surface area (Å²) < 4.78 is 37.3. The molecule has 0 aliphatic carbocycles. The zero-order valence-corrected chi connectivity index (χ0v) is 13.4. The molecule has 0 fully saturated rings. The number of nitrogens with zero attached hydrogens (tertiary/aromatic N) is 3. The highest BCUT2D eigenvalue weighted by molar-refractivity contribution is 5.45. The Labute approximate surface area is 137 Å². The normalized spacial score (nSPS) is 12.5. The molecule has 7 heteroatoms. The first-order valence-corrected chi connectivity index (χ1v) is 7.79. The van der Waals surface area contributed by atoms with E-state index in [4.69, 9.17) is 8.94 Å². The number of rotatable bonds is 6. The van der Waals surface area contributed by atoms with Gasteiger partial charge in [0.15, 0.2) is 5.89 Å². The van der Waals surface area contributed by atoms with Crippen LogP contribution in [0.2, 0.25) is 0 Å². The molecule has 1 unspecified atom stereocenters. The summed E-state index contributed by atoms with van der Waals surface area (Å²) in [7, 11) is 0. The molecule has 0 radical (unpaired) electrons. The Hall–Kier alpha value is -2.57. The van der Waals surface area contributed by atoms with Crippen molar-refractivity contribution in [3.05, 3.63) is 53.4 Å². The van der Waals surface area contributed by atoms with Crippen LogP contribution in [0.1, 0.15) is 43.5 Å². The summed E-state index contributed by atoms with van der Waals surface area (Å²) in [5.74, 6) is -0.0861. The van der Waals surface area contributed by atoms with Crippen LogP contribution in [-0.4, -0.2) is 15.1 Å². The van der Waals surface area contributed by atoms with Gasteiger partial charge < -0.3 is 8.94 Å². The van der Waals surface area contributed by atoms with Gasteiger partial charge >= 0.3 is 0 Å². The molecular weight excluding hydrogens is 316 g/mol. The Morgan fingerprint density at radius 2 is 2.00 bits per heavy atom. The SMILES string of the molecule is CCCc1nc(-c2noc(CC(C)c3ccc(F)cc3F)n2)co1. The predicted octanol–water partition coefficient (Wildman–Crippen LogP) is 4.30. The fourth-order valence-electron chi connectivity index (χ4n) is 2.46. The molecule has 3 rings (SSSR count). The summed E-state index contributed by atoms with van der Waals surface area (Å²) in [6.07, 6.45) is 3.50. The van der Waals surface area contributed by atoms with Crippen molar-refractivity contribution in [1.82, 2.24) is 15.1 Å². The third kappa shape index (κ3) is 3.50. The maximum atomic E-state index is 13.8. The van der Waals surface area contributed by atoms with Crippen molar-refractivity contribution >= 4 is 0 Å². The summed E-state index contributed by atoms with van der Waals surface area (Å²) in [6, 6.07) is 3.54. The number of aryl methyl sites for hydroxylation is 1. The minimum absolute atomic E-state index is 0.230. The maximum Gasteiger partial charge on any atom is 0.227 e. The molecule has 0 spiro atoms. The highest BCUT2D eigenvalue weighted by Crippen LogP contribution is 2.24. The number of aromatic nitrogens is 3. The van der Waals surface area contributed by atoms with Gasteiger partial charge in [-0.15, -0.1) is 0 Å². The van der Waals surface area contributed by atoms with Gasteiger partial charge in [0.25, 0.3) is 0 Å². The smallest absolute Gasteiger partial charge is 0.227 e. The van der Waals surface area contributed by atoms with Crippen molar-refractivity contribution < 1.29 is 17.7 Å². The average Bonchev–Trinajstić information content (AvgIpc) is 3.16. The van der Waals surface area contributed by atoms with Crippen molar-refractivity contribution in [2.75, 3.05) is 0 Å². The van der Waals surface area contributed by atoms with Crippen molar-refractivity contribution in [3.8, 4) is 11.5 Å². The van der Waals surface area contributed by atoms with Crippen molar-refractivity contribution in [1.29, 1.82) is 0 Å². The average molecular weight is 333 g/mol. The lowest BCUT2D eigenvalue weighted by Crippen LogP contribution is -2.02. The van der Waals surface area contributed by atoms with Crippen LogP contribution in [0.4, 0.5) is 8.78 Å². The van der Waals surface area contributed by atoms with Gasteiger partial charge in [0, 0.05) is 18.9 Å². The third-order valence-electron chi connectivity index (χ3n) is 3.69. The second-order valence-corrected chi connectivity index (χ2v) is 5.66. The number of hydrogen-bond donors (Lipinski definition) is 0. The number of hydrogen-bond acceptors (Lipinski definition) is 5. The molecule has 2 heterocycles. The van der Waals surface area contributed by atoms with Gasteiger partial charge in [0.05, 0.1) is 0 Å². The van der Waals surface area contributed by atoms with Crippen LogP contribution in [0.25, 0.3) is 11.5 Å². The predicted molar refractivity (Wildman–Crippen MR) is 82.3 cm³/mol. The molecule has 0 aliphatic rings. The molecular formula is C17H17F2N3O2. The Morgan fingerprint density at radius 3 is 2.75 bits per heavy atom. The molecule has 126 valence electrons. The Kier molecular flexibility index (Phi) is 4.69. The van der Waals surface area contributed by atoms with Crippen LogP contribution in [-0.2, 0) is 12.8 Å². The van der Waals surface area contributed by atoms with E-state index >= 15 is 0 Å². The van der Waals surface area contributed by atoms with Crippen LogP contribution in [0.3, 0.4) is 0 Å². The molecule has 3 aromatic rings. The monoisotopic (exact) mass is 333 g/mol. The van der Waals surface area contributed by atoms with Crippen LogP contribution in [0.5, 0.6) is 0 Å². The topological polar surface area (TPSA) is 65.0 Å². The fourth-order valence-corrected chi connectivity index (χ4v) is 2.46. The minimum Gasteiger partial charge on any atom is -0.448 e. The second kappa shape index (κ2) is 6.90. The standard InChI is InChI=1S/C17H17F2N3O2/c1-3-4-15-20-14(9-23-15)17-21-16(24-22-17)7-10(2)12-6-5-11(18)8-13(12)19/h5-6,8-10H,3-4,7H2,1-2H3. The Morgan fingerprint density at radius 1 is 1.17 bits per heavy atom. The third-order valence-corrected chi connectivity index (χ3v) is 3.69. The molecule has 2 aromatic heterocycles. The first-order valence-electron chi connectivity index (χ1n) is 7.79. The van der Waals surface area contributed by atoms with E-state index in [0.29, 0.717) is 35.3 Å². The van der Waals surface area contributed by atoms with Gasteiger partial charge in [-0.25, -0.2) is 13.8 Å². The molecule has 0 amide bonds. The second-order valence-electron chi connectivity index (χ2n) is 5.66. The van der Waals surface area contributed by atoms with Gasteiger partial charge in [0.1, 0.15) is 23.6 Å². The van der Waals surface area contributed by atoms with E-state index in [9.17, 15) is 8.78 Å². The van der Waals surface area contributed by atoms with Crippen LogP contribution in [0.15, 0.2) is 33.4 Å². The molecule has 0 aliphatic heterocycles. The Bertz CT molecular complexity index is 829. The minimum atomic E-state index is -0.600. The van der Waals surface area contributed by atoms with Gasteiger partial charge in [-0.05, 0) is 24.0 Å². The van der Waals surface area contributed by atoms with E-state index < -0.39 is 11.6 Å². The summed E-state index contributed by atoms with van der Waals surface area (Å²) in [5.41, 5.74) is 0.914. The molecule has 0 bridgehead atoms. The lowest BCUT2D eigenvalue weighted by atomic mass is 9.97. The summed E-state index contributed by atoms with van der Waals surface area (Å²) >= 11 is 0. The Balaban J connectivity index is 1.73. The lowest BCUT2D eigenvalue weighted by molar-refractivity contribution is 0.370. The summed E-state index contributed by atoms with van der Waals surface area (Å²) in [4.78, 5) is 8.56. The van der Waals surface area contributed by atoms with Crippen molar-refractivity contribution in [2.24, 2.45) is 0 Å².